The summed E-state index contributed by atoms with van der Waals surface area (Å²) >= 11 is 0. The van der Waals surface area contributed by atoms with Crippen molar-refractivity contribution >= 4 is 0 Å². The summed E-state index contributed by atoms with van der Waals surface area (Å²) in [6.07, 6.45) is 2.42. The fourth-order valence-corrected chi connectivity index (χ4v) is 3.30. The molecule has 1 heterocycles. The van der Waals surface area contributed by atoms with E-state index < -0.39 is 0 Å². The molecule has 1 aliphatic heterocycles. The molecule has 1 N–H and O–H groups in total. The molecule has 0 aromatic heterocycles. The number of aromatic hydroxyl groups is 1. The van der Waals surface area contributed by atoms with E-state index in [4.69, 9.17) is 0 Å². The van der Waals surface area contributed by atoms with Gasteiger partial charge in [0.15, 0.2) is 0 Å². The van der Waals surface area contributed by atoms with Crippen LogP contribution in [0.3, 0.4) is 0 Å². The van der Waals surface area contributed by atoms with Gasteiger partial charge in [0.1, 0.15) is 5.75 Å². The first-order valence-corrected chi connectivity index (χ1v) is 8.23. The monoisotopic (exact) mass is 289 g/mol. The summed E-state index contributed by atoms with van der Waals surface area (Å²) < 4.78 is 0. The molecule has 2 atom stereocenters. The van der Waals surface area contributed by atoms with Crippen LogP contribution in [0.4, 0.5) is 0 Å². The minimum Gasteiger partial charge on any atom is -0.508 e. The van der Waals surface area contributed by atoms with E-state index in [9.17, 15) is 5.11 Å². The molecule has 2 rings (SSSR count). The predicted molar refractivity (Wildman–Crippen MR) is 89.8 cm³/mol. The zero-order valence-corrected chi connectivity index (χ0v) is 14.3. The van der Waals surface area contributed by atoms with Crippen molar-refractivity contribution < 1.29 is 5.11 Å². The average Bonchev–Trinajstić information content (AvgIpc) is 2.39. The van der Waals surface area contributed by atoms with E-state index in [2.05, 4.69) is 45.6 Å². The number of phenolic OH excluding ortho intramolecular Hbond substituents is 1. The second-order valence-corrected chi connectivity index (χ2v) is 8.23. The van der Waals surface area contributed by atoms with Crippen LogP contribution < -0.4 is 0 Å². The number of benzene rings is 1. The lowest BCUT2D eigenvalue weighted by atomic mass is 9.68. The van der Waals surface area contributed by atoms with Gasteiger partial charge in [-0.25, -0.2) is 0 Å². The number of phenols is 1. The lowest BCUT2D eigenvalue weighted by Gasteiger charge is -2.45. The summed E-state index contributed by atoms with van der Waals surface area (Å²) in [5, 5.41) is 9.76. The summed E-state index contributed by atoms with van der Waals surface area (Å²) in [5.41, 5.74) is 1.87. The first-order valence-electron chi connectivity index (χ1n) is 8.23. The fraction of sp³-hybridized carbons (Fsp3) is 0.684. The van der Waals surface area contributed by atoms with Crippen molar-refractivity contribution in [1.82, 2.24) is 4.90 Å². The Labute approximate surface area is 130 Å². The summed E-state index contributed by atoms with van der Waals surface area (Å²) in [6, 6.07) is 7.84. The molecule has 0 spiro atoms. The van der Waals surface area contributed by atoms with Crippen LogP contribution in [0, 0.1) is 11.3 Å². The first kappa shape index (κ1) is 16.4. The molecule has 1 fully saturated rings. The lowest BCUT2D eigenvalue weighted by Crippen LogP contribution is -2.47. The molecule has 0 radical (unpaired) electrons. The minimum atomic E-state index is 0.178. The fourth-order valence-electron chi connectivity index (χ4n) is 3.30. The van der Waals surface area contributed by atoms with Crippen LogP contribution in [0.25, 0.3) is 0 Å². The Hall–Kier alpha value is -1.02. The highest BCUT2D eigenvalue weighted by atomic mass is 16.3. The quantitative estimate of drug-likeness (QED) is 0.890. The number of rotatable bonds is 3. The molecule has 0 saturated carbocycles. The Balaban J connectivity index is 2.03. The van der Waals surface area contributed by atoms with E-state index in [-0.39, 0.29) is 5.41 Å². The normalized spacial score (nSPS) is 27.8. The van der Waals surface area contributed by atoms with Gasteiger partial charge >= 0.3 is 0 Å². The van der Waals surface area contributed by atoms with Gasteiger partial charge in [-0.2, -0.15) is 0 Å². The van der Waals surface area contributed by atoms with Gasteiger partial charge in [0, 0.05) is 6.54 Å². The zero-order valence-electron chi connectivity index (χ0n) is 14.3. The van der Waals surface area contributed by atoms with Crippen molar-refractivity contribution in [2.45, 2.75) is 52.9 Å². The number of likely N-dealkylation sites (tertiary alicyclic amines) is 1. The number of piperidine rings is 1. The van der Waals surface area contributed by atoms with Gasteiger partial charge in [0.05, 0.1) is 0 Å². The molecule has 0 unspecified atom stereocenters. The van der Waals surface area contributed by atoms with Crippen molar-refractivity contribution in [1.29, 1.82) is 0 Å². The third kappa shape index (κ3) is 4.00. The molecule has 1 aromatic carbocycles. The molecule has 0 amide bonds. The van der Waals surface area contributed by atoms with E-state index in [1.807, 2.05) is 12.1 Å². The third-order valence-corrected chi connectivity index (χ3v) is 5.25. The second kappa shape index (κ2) is 6.00. The van der Waals surface area contributed by atoms with E-state index in [0.717, 1.165) is 13.1 Å². The number of hydrogen-bond acceptors (Lipinski definition) is 2. The molecular weight excluding hydrogens is 258 g/mol. The largest absolute Gasteiger partial charge is 0.508 e. The minimum absolute atomic E-state index is 0.178. The zero-order chi connectivity index (χ0) is 15.7. The molecule has 21 heavy (non-hydrogen) atoms. The molecule has 0 bridgehead atoms. The molecular formula is C19H31NO. The van der Waals surface area contributed by atoms with Gasteiger partial charge in [-0.15, -0.1) is 0 Å². The van der Waals surface area contributed by atoms with E-state index >= 15 is 0 Å². The summed E-state index contributed by atoms with van der Waals surface area (Å²) in [6.45, 7) is 15.2. The Morgan fingerprint density at radius 3 is 2.62 bits per heavy atom. The van der Waals surface area contributed by atoms with Crippen LogP contribution in [-0.2, 0) is 5.41 Å². The van der Waals surface area contributed by atoms with E-state index in [0.29, 0.717) is 17.1 Å². The molecule has 2 nitrogen and oxygen atoms in total. The van der Waals surface area contributed by atoms with Gasteiger partial charge in [-0.05, 0) is 60.4 Å². The van der Waals surface area contributed by atoms with Crippen molar-refractivity contribution in [3.8, 4) is 5.75 Å². The Bertz CT molecular complexity index is 477. The van der Waals surface area contributed by atoms with Crippen molar-refractivity contribution in [3.05, 3.63) is 29.8 Å². The molecule has 1 saturated heterocycles. The SMILES string of the molecule is C[C@H]1CN(CCC(C)(C)C)CC[C@]1(C)c1cccc(O)c1. The summed E-state index contributed by atoms with van der Waals surface area (Å²) in [4.78, 5) is 2.61. The van der Waals surface area contributed by atoms with Crippen LogP contribution in [0.15, 0.2) is 24.3 Å². The second-order valence-electron chi connectivity index (χ2n) is 8.23. The van der Waals surface area contributed by atoms with Gasteiger partial charge in [0.2, 0.25) is 0 Å². The lowest BCUT2D eigenvalue weighted by molar-refractivity contribution is 0.100. The van der Waals surface area contributed by atoms with E-state index in [1.54, 1.807) is 6.07 Å². The standard InChI is InChI=1S/C19H31NO/c1-15-14-20(11-9-18(2,3)4)12-10-19(15,5)16-7-6-8-17(21)13-16/h6-8,13,15,21H,9-12,14H2,1-5H3/t15-,19-/m0/s1. The Morgan fingerprint density at radius 2 is 2.05 bits per heavy atom. The summed E-state index contributed by atoms with van der Waals surface area (Å²) in [7, 11) is 0. The van der Waals surface area contributed by atoms with Crippen molar-refractivity contribution in [3.63, 3.8) is 0 Å². The number of hydrogen-bond donors (Lipinski definition) is 1. The van der Waals surface area contributed by atoms with Crippen LogP contribution in [-0.4, -0.2) is 29.6 Å². The topological polar surface area (TPSA) is 23.5 Å². The van der Waals surface area contributed by atoms with Gasteiger partial charge < -0.3 is 10.0 Å². The van der Waals surface area contributed by atoms with Crippen LogP contribution in [0.5, 0.6) is 5.75 Å². The van der Waals surface area contributed by atoms with Crippen LogP contribution in [0.2, 0.25) is 0 Å². The number of nitrogens with zero attached hydrogens (tertiary/aromatic N) is 1. The molecule has 118 valence electrons. The summed E-state index contributed by atoms with van der Waals surface area (Å²) in [5.74, 6) is 0.990. The maximum Gasteiger partial charge on any atom is 0.115 e. The Kier molecular flexibility index (Phi) is 4.67. The predicted octanol–water partition coefficient (Wildman–Crippen LogP) is 4.43. The molecule has 1 aliphatic rings. The first-order chi connectivity index (χ1) is 9.71. The Morgan fingerprint density at radius 1 is 1.33 bits per heavy atom. The highest BCUT2D eigenvalue weighted by molar-refractivity contribution is 5.33. The average molecular weight is 289 g/mol. The van der Waals surface area contributed by atoms with Gasteiger partial charge in [-0.1, -0.05) is 46.8 Å². The molecule has 2 heteroatoms. The van der Waals surface area contributed by atoms with Crippen LogP contribution >= 0.6 is 0 Å². The maximum atomic E-state index is 9.76. The van der Waals surface area contributed by atoms with Crippen molar-refractivity contribution in [2.75, 3.05) is 19.6 Å². The third-order valence-electron chi connectivity index (χ3n) is 5.25. The van der Waals surface area contributed by atoms with Crippen molar-refractivity contribution in [2.24, 2.45) is 11.3 Å². The van der Waals surface area contributed by atoms with Crippen LogP contribution in [0.1, 0.15) is 53.0 Å². The smallest absolute Gasteiger partial charge is 0.115 e. The van der Waals surface area contributed by atoms with Gasteiger partial charge in [-0.3, -0.25) is 0 Å². The highest BCUT2D eigenvalue weighted by Crippen LogP contribution is 2.40. The van der Waals surface area contributed by atoms with Gasteiger partial charge in [0.25, 0.3) is 0 Å². The molecule has 1 aromatic rings. The molecule has 0 aliphatic carbocycles. The highest BCUT2D eigenvalue weighted by Gasteiger charge is 2.38. The van der Waals surface area contributed by atoms with E-state index in [1.165, 1.54) is 24.9 Å². The maximum absolute atomic E-state index is 9.76.